The average Bonchev–Trinajstić information content (AvgIpc) is 3.01. The van der Waals surface area contributed by atoms with E-state index >= 15 is 0 Å². The molecule has 1 aliphatic heterocycles. The monoisotopic (exact) mass is 310 g/mol. The van der Waals surface area contributed by atoms with E-state index in [0.717, 1.165) is 19.5 Å². The number of likely N-dealkylation sites (N-methyl/N-ethyl adjacent to an activating group) is 1. The van der Waals surface area contributed by atoms with Gasteiger partial charge in [0.25, 0.3) is 5.91 Å². The molecule has 6 nitrogen and oxygen atoms in total. The van der Waals surface area contributed by atoms with Crippen LogP contribution in [-0.4, -0.2) is 49.8 Å². The number of thiophene rings is 1. The van der Waals surface area contributed by atoms with Gasteiger partial charge < -0.3 is 21.3 Å². The summed E-state index contributed by atoms with van der Waals surface area (Å²) in [4.78, 5) is 26.7. The van der Waals surface area contributed by atoms with Gasteiger partial charge in [-0.1, -0.05) is 6.92 Å². The molecule has 7 heteroatoms. The number of likely N-dealkylation sites (tertiary alicyclic amines) is 1. The molecule has 0 spiro atoms. The maximum absolute atomic E-state index is 12.1. The van der Waals surface area contributed by atoms with E-state index in [-0.39, 0.29) is 17.7 Å². The van der Waals surface area contributed by atoms with Crippen molar-refractivity contribution in [1.82, 2.24) is 10.2 Å². The number of carbonyl (C=O) groups excluding carboxylic acids is 2. The van der Waals surface area contributed by atoms with E-state index in [1.54, 1.807) is 14.0 Å². The number of amides is 1. The normalized spacial score (nSPS) is 18.7. The van der Waals surface area contributed by atoms with E-state index in [2.05, 4.69) is 22.6 Å². The van der Waals surface area contributed by atoms with Gasteiger partial charge in [-0.25, -0.2) is 0 Å². The molecule has 1 amide bonds. The first-order valence-electron chi connectivity index (χ1n) is 7.10. The Labute approximate surface area is 128 Å². The summed E-state index contributed by atoms with van der Waals surface area (Å²) in [7, 11) is 3.63. The van der Waals surface area contributed by atoms with E-state index in [1.807, 2.05) is 0 Å². The lowest BCUT2D eigenvalue weighted by molar-refractivity contribution is 0.0964. The number of nitrogen functional groups attached to an aromatic ring is 1. The average molecular weight is 310 g/mol. The number of nitrogens with zero attached hydrogens (tertiary/aromatic N) is 1. The van der Waals surface area contributed by atoms with Gasteiger partial charge in [0.1, 0.15) is 5.00 Å². The molecule has 1 fully saturated rings. The van der Waals surface area contributed by atoms with Crippen molar-refractivity contribution in [3.8, 4) is 0 Å². The molecule has 1 atom stereocenters. The topological polar surface area (TPSA) is 87.5 Å². The second-order valence-electron chi connectivity index (χ2n) is 5.30. The third-order valence-electron chi connectivity index (χ3n) is 3.70. The fraction of sp³-hybridized carbons (Fsp3) is 0.571. The molecule has 0 saturated carbocycles. The van der Waals surface area contributed by atoms with Crippen LogP contribution in [0.15, 0.2) is 0 Å². The van der Waals surface area contributed by atoms with Crippen LogP contribution < -0.4 is 16.4 Å². The van der Waals surface area contributed by atoms with Crippen LogP contribution in [0, 0.1) is 0 Å². The summed E-state index contributed by atoms with van der Waals surface area (Å²) >= 11 is 1.29. The van der Waals surface area contributed by atoms with Gasteiger partial charge in [-0.15, -0.1) is 11.3 Å². The molecular weight excluding hydrogens is 288 g/mol. The molecule has 0 bridgehead atoms. The second kappa shape index (κ2) is 6.44. The largest absolute Gasteiger partial charge is 0.397 e. The zero-order valence-corrected chi connectivity index (χ0v) is 13.5. The first kappa shape index (κ1) is 15.8. The van der Waals surface area contributed by atoms with E-state index in [0.29, 0.717) is 27.5 Å². The summed E-state index contributed by atoms with van der Waals surface area (Å²) in [5.41, 5.74) is 6.73. The molecule has 116 valence electrons. The molecule has 0 radical (unpaired) electrons. The van der Waals surface area contributed by atoms with Crippen LogP contribution in [-0.2, 0) is 0 Å². The third-order valence-corrected chi connectivity index (χ3v) is 4.88. The minimum Gasteiger partial charge on any atom is -0.397 e. The fourth-order valence-electron chi connectivity index (χ4n) is 2.50. The van der Waals surface area contributed by atoms with Gasteiger partial charge in [-0.3, -0.25) is 9.59 Å². The minimum absolute atomic E-state index is 0.0285. The number of nitrogens with two attached hydrogens (primary N) is 1. The van der Waals surface area contributed by atoms with Crippen molar-refractivity contribution >= 4 is 33.7 Å². The van der Waals surface area contributed by atoms with Gasteiger partial charge in [-0.05, 0) is 20.0 Å². The van der Waals surface area contributed by atoms with Crippen LogP contribution in [0.2, 0.25) is 0 Å². The number of ketones is 1. The van der Waals surface area contributed by atoms with Crippen LogP contribution in [0.1, 0.15) is 39.8 Å². The number of hydrogen-bond acceptors (Lipinski definition) is 6. The van der Waals surface area contributed by atoms with Crippen molar-refractivity contribution in [3.05, 3.63) is 10.4 Å². The molecule has 21 heavy (non-hydrogen) atoms. The van der Waals surface area contributed by atoms with Crippen LogP contribution in [0.3, 0.4) is 0 Å². The Balaban J connectivity index is 2.33. The number of nitrogens with one attached hydrogen (secondary N) is 2. The van der Waals surface area contributed by atoms with E-state index in [9.17, 15) is 9.59 Å². The quantitative estimate of drug-likeness (QED) is 0.716. The standard InChI is InChI=1S/C14H22N4O2S/c1-4-9(19)12-11(15)10(13(20)16-2)14(21-12)17-8-5-6-18(3)7-8/h8,17H,4-7,15H2,1-3H3,(H,16,20). The van der Waals surface area contributed by atoms with Crippen molar-refractivity contribution in [2.24, 2.45) is 0 Å². The predicted molar refractivity (Wildman–Crippen MR) is 86.3 cm³/mol. The highest BCUT2D eigenvalue weighted by molar-refractivity contribution is 7.19. The van der Waals surface area contributed by atoms with Gasteiger partial charge in [0.05, 0.1) is 16.1 Å². The Bertz CT molecular complexity index is 555. The van der Waals surface area contributed by atoms with Gasteiger partial charge in [0.15, 0.2) is 5.78 Å². The highest BCUT2D eigenvalue weighted by Crippen LogP contribution is 2.37. The zero-order valence-electron chi connectivity index (χ0n) is 12.7. The highest BCUT2D eigenvalue weighted by Gasteiger charge is 2.27. The highest BCUT2D eigenvalue weighted by atomic mass is 32.1. The Kier molecular flexibility index (Phi) is 4.84. The van der Waals surface area contributed by atoms with Crippen LogP contribution in [0.25, 0.3) is 0 Å². The number of rotatable bonds is 5. The van der Waals surface area contributed by atoms with Gasteiger partial charge in [0.2, 0.25) is 0 Å². The Morgan fingerprint density at radius 3 is 2.71 bits per heavy atom. The molecule has 0 aliphatic carbocycles. The number of Topliss-reactive ketones (excluding diaryl/α,β-unsaturated/α-hetero) is 1. The molecule has 4 N–H and O–H groups in total. The molecule has 0 aromatic carbocycles. The molecule has 1 aromatic heterocycles. The maximum atomic E-state index is 12.1. The lowest BCUT2D eigenvalue weighted by Gasteiger charge is -2.14. The van der Waals surface area contributed by atoms with Crippen molar-refractivity contribution < 1.29 is 9.59 Å². The molecule has 1 aromatic rings. The molecule has 2 heterocycles. The van der Waals surface area contributed by atoms with Crippen molar-refractivity contribution in [1.29, 1.82) is 0 Å². The second-order valence-corrected chi connectivity index (χ2v) is 6.32. The lowest BCUT2D eigenvalue weighted by Crippen LogP contribution is -2.25. The van der Waals surface area contributed by atoms with Gasteiger partial charge in [0, 0.05) is 26.1 Å². The van der Waals surface area contributed by atoms with Crippen LogP contribution in [0.5, 0.6) is 0 Å². The first-order chi connectivity index (χ1) is 9.97. The molecule has 1 saturated heterocycles. The van der Waals surface area contributed by atoms with Crippen LogP contribution >= 0.6 is 11.3 Å². The Hall–Kier alpha value is -1.60. The summed E-state index contributed by atoms with van der Waals surface area (Å²) in [5, 5.41) is 6.67. The Morgan fingerprint density at radius 1 is 1.48 bits per heavy atom. The summed E-state index contributed by atoms with van der Waals surface area (Å²) in [6.45, 7) is 3.73. The van der Waals surface area contributed by atoms with Gasteiger partial charge in [-0.2, -0.15) is 0 Å². The van der Waals surface area contributed by atoms with E-state index in [1.165, 1.54) is 11.3 Å². The summed E-state index contributed by atoms with van der Waals surface area (Å²) < 4.78 is 0. The summed E-state index contributed by atoms with van der Waals surface area (Å²) in [6, 6.07) is 0.279. The van der Waals surface area contributed by atoms with Crippen molar-refractivity contribution in [2.45, 2.75) is 25.8 Å². The van der Waals surface area contributed by atoms with Crippen molar-refractivity contribution in [2.75, 3.05) is 38.2 Å². The van der Waals surface area contributed by atoms with E-state index < -0.39 is 0 Å². The number of carbonyl (C=O) groups is 2. The summed E-state index contributed by atoms with van der Waals surface area (Å²) in [5.74, 6) is -0.285. The molecular formula is C14H22N4O2S. The third kappa shape index (κ3) is 3.19. The number of anilines is 2. The van der Waals surface area contributed by atoms with E-state index in [4.69, 9.17) is 5.73 Å². The maximum Gasteiger partial charge on any atom is 0.256 e. The number of hydrogen-bond donors (Lipinski definition) is 3. The molecule has 1 aliphatic rings. The summed E-state index contributed by atoms with van der Waals surface area (Å²) in [6.07, 6.45) is 1.39. The minimum atomic E-state index is -0.257. The van der Waals surface area contributed by atoms with Crippen LogP contribution in [0.4, 0.5) is 10.7 Å². The molecule has 2 rings (SSSR count). The lowest BCUT2D eigenvalue weighted by atomic mass is 10.1. The van der Waals surface area contributed by atoms with Gasteiger partial charge >= 0.3 is 0 Å². The smallest absolute Gasteiger partial charge is 0.256 e. The Morgan fingerprint density at radius 2 is 2.19 bits per heavy atom. The SMILES string of the molecule is CCC(=O)c1sc(NC2CCN(C)C2)c(C(=O)NC)c1N. The molecule has 1 unspecified atom stereocenters. The van der Waals surface area contributed by atoms with Crippen molar-refractivity contribution in [3.63, 3.8) is 0 Å². The zero-order chi connectivity index (χ0) is 15.6. The predicted octanol–water partition coefficient (Wildman–Crippen LogP) is 1.40. The first-order valence-corrected chi connectivity index (χ1v) is 7.92. The fourth-order valence-corrected chi connectivity index (χ4v) is 3.71.